The van der Waals surface area contributed by atoms with E-state index >= 15 is 0 Å². The molecule has 2 aromatic rings. The Morgan fingerprint density at radius 2 is 1.85 bits per heavy atom. The molecule has 1 aliphatic carbocycles. The summed E-state index contributed by atoms with van der Waals surface area (Å²) in [5.41, 5.74) is 17.5. The maximum absolute atomic E-state index is 13.4. The van der Waals surface area contributed by atoms with Crippen LogP contribution in [0.15, 0.2) is 60.4 Å². The van der Waals surface area contributed by atoms with Crippen LogP contribution >= 0.6 is 0 Å². The minimum absolute atomic E-state index is 0.108. The van der Waals surface area contributed by atoms with Crippen molar-refractivity contribution in [3.05, 3.63) is 94.1 Å². The highest BCUT2D eigenvalue weighted by atomic mass is 19.1. The Kier molecular flexibility index (Phi) is 8.11. The highest BCUT2D eigenvalue weighted by Gasteiger charge is 2.33. The Morgan fingerprint density at radius 1 is 1.18 bits per heavy atom. The molecule has 0 aliphatic heterocycles. The minimum Gasteiger partial charge on any atom is -0.384 e. The molecule has 4 nitrogen and oxygen atoms in total. The monoisotopic (exact) mass is 448 g/mol. The van der Waals surface area contributed by atoms with Crippen molar-refractivity contribution in [1.82, 2.24) is 10.7 Å². The molecule has 0 saturated heterocycles. The van der Waals surface area contributed by atoms with Gasteiger partial charge in [-0.3, -0.25) is 5.84 Å². The number of nitrogens with two attached hydrogens (primary N) is 2. The number of allylic oxidation sites excluding steroid dienone is 1. The lowest BCUT2D eigenvalue weighted by Crippen LogP contribution is -2.36. The first-order chi connectivity index (χ1) is 15.7. The lowest BCUT2D eigenvalue weighted by molar-refractivity contribution is 0.246. The molecule has 1 aliphatic rings. The molecule has 1 unspecified atom stereocenters. The van der Waals surface area contributed by atoms with Gasteiger partial charge >= 0.3 is 0 Å². The second kappa shape index (κ2) is 10.8. The molecule has 1 fully saturated rings. The van der Waals surface area contributed by atoms with Crippen LogP contribution in [0.25, 0.3) is 11.6 Å². The summed E-state index contributed by atoms with van der Waals surface area (Å²) in [5.74, 6) is 6.41. The zero-order valence-corrected chi connectivity index (χ0v) is 20.2. The quantitative estimate of drug-likeness (QED) is 0.186. The number of benzene rings is 2. The first kappa shape index (κ1) is 24.7. The van der Waals surface area contributed by atoms with Crippen LogP contribution in [-0.2, 0) is 0 Å². The van der Waals surface area contributed by atoms with Crippen LogP contribution in [0.4, 0.5) is 4.39 Å². The Morgan fingerprint density at radius 3 is 2.45 bits per heavy atom. The van der Waals surface area contributed by atoms with E-state index in [4.69, 9.17) is 11.6 Å². The van der Waals surface area contributed by atoms with E-state index in [0.717, 1.165) is 36.3 Å². The third-order valence-electron chi connectivity index (χ3n) is 6.50. The fourth-order valence-corrected chi connectivity index (χ4v) is 4.51. The smallest absolute Gasteiger partial charge is 0.123 e. The molecule has 0 bridgehead atoms. The largest absolute Gasteiger partial charge is 0.384 e. The SMILES string of the molecule is C=C(NCC1CC(/C(=C\c2ccc(F)cc2)c2cc(C)cc(C)c2C)C1)/C(=C/C(C)N)NN. The summed E-state index contributed by atoms with van der Waals surface area (Å²) in [7, 11) is 0. The van der Waals surface area contributed by atoms with E-state index in [0.29, 0.717) is 11.8 Å². The Hall–Kier alpha value is -2.89. The van der Waals surface area contributed by atoms with Gasteiger partial charge in [0.05, 0.1) is 11.4 Å². The number of halogens is 1. The maximum atomic E-state index is 13.4. The molecule has 0 heterocycles. The van der Waals surface area contributed by atoms with Crippen LogP contribution < -0.4 is 22.3 Å². The number of hydrazine groups is 1. The molecule has 0 radical (unpaired) electrons. The third kappa shape index (κ3) is 6.34. The molecular formula is C28H37FN4. The normalized spacial score (nSPS) is 19.6. The van der Waals surface area contributed by atoms with Crippen molar-refractivity contribution in [3.63, 3.8) is 0 Å². The van der Waals surface area contributed by atoms with E-state index in [2.05, 4.69) is 56.3 Å². The van der Waals surface area contributed by atoms with Crippen LogP contribution in [0.2, 0.25) is 0 Å². The number of hydrogen-bond donors (Lipinski definition) is 4. The van der Waals surface area contributed by atoms with Crippen molar-refractivity contribution in [3.8, 4) is 0 Å². The van der Waals surface area contributed by atoms with Gasteiger partial charge in [-0.2, -0.15) is 0 Å². The molecule has 33 heavy (non-hydrogen) atoms. The topological polar surface area (TPSA) is 76.1 Å². The van der Waals surface area contributed by atoms with Gasteiger partial charge in [-0.15, -0.1) is 0 Å². The van der Waals surface area contributed by atoms with E-state index in [1.54, 1.807) is 0 Å². The molecule has 1 atom stereocenters. The van der Waals surface area contributed by atoms with Crippen molar-refractivity contribution in [2.75, 3.05) is 6.54 Å². The minimum atomic E-state index is -0.212. The second-order valence-corrected chi connectivity index (χ2v) is 9.38. The van der Waals surface area contributed by atoms with Crippen molar-refractivity contribution < 1.29 is 4.39 Å². The summed E-state index contributed by atoms with van der Waals surface area (Å²) in [4.78, 5) is 0. The molecule has 176 valence electrons. The molecule has 1 saturated carbocycles. The first-order valence-corrected chi connectivity index (χ1v) is 11.6. The van der Waals surface area contributed by atoms with E-state index in [1.165, 1.54) is 40.0 Å². The molecule has 5 heteroatoms. The Bertz CT molecular complexity index is 1040. The van der Waals surface area contributed by atoms with Gasteiger partial charge in [-0.05, 0) is 98.4 Å². The molecule has 0 spiro atoms. The standard InChI is InChI=1S/C28H37FN4/c1-17-10-18(2)20(4)26(11-17)27(15-22-6-8-25(29)9-7-22)24-13-23(14-24)16-32-21(5)28(33-31)12-19(3)30/h6-12,15,19,23-24,32-33H,5,13-14,16,30-31H2,1-4H3/b27-15+,28-12-. The Balaban J connectivity index is 1.76. The van der Waals surface area contributed by atoms with E-state index in [9.17, 15) is 4.39 Å². The fourth-order valence-electron chi connectivity index (χ4n) is 4.51. The summed E-state index contributed by atoms with van der Waals surface area (Å²) in [5, 5.41) is 3.40. The first-order valence-electron chi connectivity index (χ1n) is 11.6. The predicted molar refractivity (Wildman–Crippen MR) is 137 cm³/mol. The van der Waals surface area contributed by atoms with Crippen LogP contribution in [0.1, 0.15) is 47.6 Å². The van der Waals surface area contributed by atoms with Gasteiger partial charge in [0.25, 0.3) is 0 Å². The second-order valence-electron chi connectivity index (χ2n) is 9.38. The van der Waals surface area contributed by atoms with Crippen LogP contribution in [-0.4, -0.2) is 12.6 Å². The van der Waals surface area contributed by atoms with Gasteiger partial charge in [0.15, 0.2) is 0 Å². The van der Waals surface area contributed by atoms with E-state index in [-0.39, 0.29) is 11.9 Å². The van der Waals surface area contributed by atoms with Crippen LogP contribution in [0.3, 0.4) is 0 Å². The van der Waals surface area contributed by atoms with Crippen molar-refractivity contribution >= 4 is 11.6 Å². The molecular weight excluding hydrogens is 411 g/mol. The van der Waals surface area contributed by atoms with Crippen LogP contribution in [0, 0.1) is 38.4 Å². The van der Waals surface area contributed by atoms with Gasteiger partial charge < -0.3 is 16.5 Å². The van der Waals surface area contributed by atoms with E-state index < -0.39 is 0 Å². The summed E-state index contributed by atoms with van der Waals surface area (Å²) < 4.78 is 13.4. The van der Waals surface area contributed by atoms with Gasteiger partial charge in [-0.25, -0.2) is 4.39 Å². The molecule has 0 aromatic heterocycles. The zero-order chi connectivity index (χ0) is 24.1. The third-order valence-corrected chi connectivity index (χ3v) is 6.50. The summed E-state index contributed by atoms with van der Waals surface area (Å²) in [6.45, 7) is 13.3. The average Bonchev–Trinajstić information content (AvgIpc) is 2.73. The summed E-state index contributed by atoms with van der Waals surface area (Å²) in [6.07, 6.45) is 6.26. The number of nitrogens with one attached hydrogen (secondary N) is 2. The van der Waals surface area contributed by atoms with Crippen molar-refractivity contribution in [1.29, 1.82) is 0 Å². The maximum Gasteiger partial charge on any atom is 0.123 e. The number of rotatable bonds is 9. The summed E-state index contributed by atoms with van der Waals surface area (Å²) in [6, 6.07) is 11.1. The zero-order valence-electron chi connectivity index (χ0n) is 20.2. The van der Waals surface area contributed by atoms with Gasteiger partial charge in [0.1, 0.15) is 5.82 Å². The molecule has 6 N–H and O–H groups in total. The highest BCUT2D eigenvalue weighted by Crippen LogP contribution is 2.45. The summed E-state index contributed by atoms with van der Waals surface area (Å²) >= 11 is 0. The average molecular weight is 449 g/mol. The number of aryl methyl sites for hydroxylation is 2. The fraction of sp³-hybridized carbons (Fsp3) is 0.357. The molecule has 3 rings (SSSR count). The lowest BCUT2D eigenvalue weighted by atomic mass is 9.68. The van der Waals surface area contributed by atoms with Crippen molar-refractivity contribution in [2.45, 2.75) is 46.6 Å². The molecule has 2 aromatic carbocycles. The van der Waals surface area contributed by atoms with Gasteiger partial charge in [0, 0.05) is 12.6 Å². The van der Waals surface area contributed by atoms with Gasteiger partial charge in [-0.1, -0.05) is 42.5 Å². The highest BCUT2D eigenvalue weighted by molar-refractivity contribution is 5.85. The predicted octanol–water partition coefficient (Wildman–Crippen LogP) is 5.12. The number of hydrogen-bond acceptors (Lipinski definition) is 4. The van der Waals surface area contributed by atoms with E-state index in [1.807, 2.05) is 25.1 Å². The molecule has 0 amide bonds. The van der Waals surface area contributed by atoms with Crippen LogP contribution in [0.5, 0.6) is 0 Å². The van der Waals surface area contributed by atoms with Crippen molar-refractivity contribution in [2.24, 2.45) is 23.4 Å². The van der Waals surface area contributed by atoms with Gasteiger partial charge in [0.2, 0.25) is 0 Å². The lowest BCUT2D eigenvalue weighted by Gasteiger charge is -2.38. The Labute approximate surface area is 197 Å².